The molecule has 0 heterocycles. The van der Waals surface area contributed by atoms with E-state index in [1.54, 1.807) is 6.08 Å². The molecule has 0 atom stereocenters. The average molecular weight is 283 g/mol. The SMILES string of the molecule is OC/C=C/c1cc(Br)ccc1OCC1CC1. The predicted octanol–water partition coefficient (Wildman–Crippen LogP) is 3.24. The van der Waals surface area contributed by atoms with Crippen LogP contribution in [0.15, 0.2) is 28.7 Å². The van der Waals surface area contributed by atoms with Crippen LogP contribution in [0.5, 0.6) is 5.75 Å². The van der Waals surface area contributed by atoms with Crippen molar-refractivity contribution in [1.82, 2.24) is 0 Å². The van der Waals surface area contributed by atoms with Gasteiger partial charge in [0.2, 0.25) is 0 Å². The Kier molecular flexibility index (Phi) is 4.02. The fraction of sp³-hybridized carbons (Fsp3) is 0.385. The zero-order valence-electron chi connectivity index (χ0n) is 9.03. The van der Waals surface area contributed by atoms with Gasteiger partial charge in [-0.1, -0.05) is 28.1 Å². The van der Waals surface area contributed by atoms with Crippen LogP contribution in [0.25, 0.3) is 6.08 Å². The molecule has 1 N–H and O–H groups in total. The molecule has 0 amide bonds. The van der Waals surface area contributed by atoms with E-state index >= 15 is 0 Å². The van der Waals surface area contributed by atoms with Crippen LogP contribution >= 0.6 is 15.9 Å². The van der Waals surface area contributed by atoms with Crippen LogP contribution in [0.2, 0.25) is 0 Å². The first-order valence-corrected chi connectivity index (χ1v) is 6.28. The summed E-state index contributed by atoms with van der Waals surface area (Å²) in [5.41, 5.74) is 1.00. The molecule has 0 unspecified atom stereocenters. The zero-order chi connectivity index (χ0) is 11.4. The van der Waals surface area contributed by atoms with Crippen LogP contribution in [-0.4, -0.2) is 18.3 Å². The van der Waals surface area contributed by atoms with E-state index < -0.39 is 0 Å². The second kappa shape index (κ2) is 5.51. The van der Waals surface area contributed by atoms with Crippen molar-refractivity contribution in [3.8, 4) is 5.75 Å². The van der Waals surface area contributed by atoms with Crippen molar-refractivity contribution in [3.05, 3.63) is 34.3 Å². The Hall–Kier alpha value is -0.800. The summed E-state index contributed by atoms with van der Waals surface area (Å²) in [7, 11) is 0. The zero-order valence-corrected chi connectivity index (χ0v) is 10.6. The van der Waals surface area contributed by atoms with Gasteiger partial charge in [-0.05, 0) is 37.0 Å². The third-order valence-corrected chi connectivity index (χ3v) is 3.04. The number of hydrogen-bond acceptors (Lipinski definition) is 2. The molecule has 0 aliphatic heterocycles. The topological polar surface area (TPSA) is 29.5 Å². The summed E-state index contributed by atoms with van der Waals surface area (Å²) >= 11 is 3.43. The Bertz CT molecular complexity index is 384. The second-order valence-electron chi connectivity index (χ2n) is 4.02. The molecular formula is C13H15BrO2. The van der Waals surface area contributed by atoms with Gasteiger partial charge in [0, 0.05) is 10.0 Å². The molecule has 1 fully saturated rings. The number of hydrogen-bond donors (Lipinski definition) is 1. The summed E-state index contributed by atoms with van der Waals surface area (Å²) in [4.78, 5) is 0. The van der Waals surface area contributed by atoms with Gasteiger partial charge in [0.15, 0.2) is 0 Å². The number of rotatable bonds is 5. The van der Waals surface area contributed by atoms with Gasteiger partial charge in [-0.15, -0.1) is 0 Å². The molecular weight excluding hydrogens is 268 g/mol. The number of aliphatic hydroxyl groups is 1. The Labute approximate surface area is 104 Å². The maximum absolute atomic E-state index is 8.78. The molecule has 2 nitrogen and oxygen atoms in total. The monoisotopic (exact) mass is 282 g/mol. The Morgan fingerprint density at radius 2 is 2.25 bits per heavy atom. The normalized spacial score (nSPS) is 15.6. The minimum Gasteiger partial charge on any atom is -0.493 e. The van der Waals surface area contributed by atoms with E-state index in [-0.39, 0.29) is 6.61 Å². The Morgan fingerprint density at radius 1 is 1.44 bits per heavy atom. The third kappa shape index (κ3) is 3.35. The van der Waals surface area contributed by atoms with Gasteiger partial charge in [-0.2, -0.15) is 0 Å². The fourth-order valence-electron chi connectivity index (χ4n) is 1.45. The van der Waals surface area contributed by atoms with Crippen LogP contribution in [-0.2, 0) is 0 Å². The van der Waals surface area contributed by atoms with E-state index in [1.807, 2.05) is 24.3 Å². The van der Waals surface area contributed by atoms with Crippen molar-refractivity contribution in [2.75, 3.05) is 13.2 Å². The summed E-state index contributed by atoms with van der Waals surface area (Å²) < 4.78 is 6.78. The molecule has 86 valence electrons. The number of benzene rings is 1. The summed E-state index contributed by atoms with van der Waals surface area (Å²) in [5.74, 6) is 1.64. The maximum Gasteiger partial charge on any atom is 0.126 e. The van der Waals surface area contributed by atoms with Gasteiger partial charge >= 0.3 is 0 Å². The first-order valence-electron chi connectivity index (χ1n) is 5.49. The lowest BCUT2D eigenvalue weighted by Gasteiger charge is -2.09. The van der Waals surface area contributed by atoms with Gasteiger partial charge in [0.25, 0.3) is 0 Å². The van der Waals surface area contributed by atoms with Gasteiger partial charge in [-0.3, -0.25) is 0 Å². The number of ether oxygens (including phenoxy) is 1. The van der Waals surface area contributed by atoms with Crippen LogP contribution in [0.4, 0.5) is 0 Å². The van der Waals surface area contributed by atoms with Gasteiger partial charge in [0.05, 0.1) is 13.2 Å². The van der Waals surface area contributed by atoms with Crippen LogP contribution in [0.3, 0.4) is 0 Å². The van der Waals surface area contributed by atoms with E-state index in [1.165, 1.54) is 12.8 Å². The molecule has 16 heavy (non-hydrogen) atoms. The highest BCUT2D eigenvalue weighted by atomic mass is 79.9. The molecule has 3 heteroatoms. The number of aliphatic hydroxyl groups excluding tert-OH is 1. The molecule has 0 saturated heterocycles. The predicted molar refractivity (Wildman–Crippen MR) is 68.5 cm³/mol. The quantitative estimate of drug-likeness (QED) is 0.899. The third-order valence-electron chi connectivity index (χ3n) is 2.55. The molecule has 1 saturated carbocycles. The first kappa shape index (κ1) is 11.7. The Morgan fingerprint density at radius 3 is 2.94 bits per heavy atom. The smallest absolute Gasteiger partial charge is 0.126 e. The van der Waals surface area contributed by atoms with E-state index in [2.05, 4.69) is 15.9 Å². The lowest BCUT2D eigenvalue weighted by molar-refractivity contribution is 0.299. The van der Waals surface area contributed by atoms with Gasteiger partial charge in [0.1, 0.15) is 5.75 Å². The molecule has 1 aromatic carbocycles. The lowest BCUT2D eigenvalue weighted by Crippen LogP contribution is -2.00. The molecule has 0 bridgehead atoms. The standard InChI is InChI=1S/C13H15BrO2/c14-12-5-6-13(16-9-10-3-4-10)11(8-12)2-1-7-15/h1-2,5-6,8,10,15H,3-4,7,9H2/b2-1+. The highest BCUT2D eigenvalue weighted by Gasteiger charge is 2.22. The molecule has 1 aliphatic rings. The lowest BCUT2D eigenvalue weighted by atomic mass is 10.2. The van der Waals surface area contributed by atoms with E-state index in [4.69, 9.17) is 9.84 Å². The summed E-state index contributed by atoms with van der Waals surface area (Å²) in [5, 5.41) is 8.78. The molecule has 1 aromatic rings. The molecule has 1 aliphatic carbocycles. The van der Waals surface area contributed by atoms with Crippen molar-refractivity contribution in [2.24, 2.45) is 5.92 Å². The van der Waals surface area contributed by atoms with Crippen molar-refractivity contribution in [1.29, 1.82) is 0 Å². The fourth-order valence-corrected chi connectivity index (χ4v) is 1.83. The van der Waals surface area contributed by atoms with E-state index in [0.29, 0.717) is 0 Å². The molecule has 0 spiro atoms. The average Bonchev–Trinajstić information content (AvgIpc) is 3.09. The van der Waals surface area contributed by atoms with E-state index in [0.717, 1.165) is 28.3 Å². The van der Waals surface area contributed by atoms with Crippen molar-refractivity contribution in [2.45, 2.75) is 12.8 Å². The van der Waals surface area contributed by atoms with Crippen molar-refractivity contribution >= 4 is 22.0 Å². The minimum absolute atomic E-state index is 0.0502. The van der Waals surface area contributed by atoms with Crippen LogP contribution in [0.1, 0.15) is 18.4 Å². The van der Waals surface area contributed by atoms with Crippen LogP contribution < -0.4 is 4.74 Å². The minimum atomic E-state index is 0.0502. The van der Waals surface area contributed by atoms with E-state index in [9.17, 15) is 0 Å². The summed E-state index contributed by atoms with van der Waals surface area (Å²) in [6.07, 6.45) is 6.18. The molecule has 0 aromatic heterocycles. The second-order valence-corrected chi connectivity index (χ2v) is 4.94. The van der Waals surface area contributed by atoms with Gasteiger partial charge < -0.3 is 9.84 Å². The Balaban J connectivity index is 2.09. The summed E-state index contributed by atoms with van der Waals surface area (Å²) in [6, 6.07) is 5.93. The largest absolute Gasteiger partial charge is 0.493 e. The summed E-state index contributed by atoms with van der Waals surface area (Å²) in [6.45, 7) is 0.857. The molecule has 0 radical (unpaired) electrons. The first-order chi connectivity index (χ1) is 7.79. The highest BCUT2D eigenvalue weighted by Crippen LogP contribution is 2.31. The highest BCUT2D eigenvalue weighted by molar-refractivity contribution is 9.10. The molecule has 2 rings (SSSR count). The number of halogens is 1. The van der Waals surface area contributed by atoms with Gasteiger partial charge in [-0.25, -0.2) is 0 Å². The van der Waals surface area contributed by atoms with Crippen molar-refractivity contribution < 1.29 is 9.84 Å². The van der Waals surface area contributed by atoms with Crippen LogP contribution in [0, 0.1) is 5.92 Å². The maximum atomic E-state index is 8.78. The van der Waals surface area contributed by atoms with Crippen molar-refractivity contribution in [3.63, 3.8) is 0 Å².